The first kappa shape index (κ1) is 22.3. The molecular weight excluding hydrogens is 444 g/mol. The lowest BCUT2D eigenvalue weighted by Gasteiger charge is -2.08. The number of anilines is 1. The monoisotopic (exact) mass is 468 g/mol. The third-order valence-electron chi connectivity index (χ3n) is 5.76. The average molecular weight is 469 g/mol. The zero-order chi connectivity index (χ0) is 24.7. The number of carbonyl (C=O) groups excluding carboxylic acids is 2. The van der Waals surface area contributed by atoms with Crippen LogP contribution in [0.2, 0.25) is 0 Å². The van der Waals surface area contributed by atoms with Gasteiger partial charge in [0.1, 0.15) is 17.8 Å². The number of hydrogen-bond acceptors (Lipinski definition) is 7. The van der Waals surface area contributed by atoms with Crippen LogP contribution in [0.3, 0.4) is 0 Å². The quantitative estimate of drug-likeness (QED) is 0.373. The van der Waals surface area contributed by atoms with Crippen molar-refractivity contribution < 1.29 is 9.59 Å². The smallest absolute Gasteiger partial charge is 0.257 e. The number of carbonyl (C=O) groups is 2. The lowest BCUT2D eigenvalue weighted by atomic mass is 10.1. The fourth-order valence-corrected chi connectivity index (χ4v) is 3.99. The molecule has 0 atom stereocenters. The second-order valence-electron chi connectivity index (χ2n) is 8.91. The van der Waals surface area contributed by atoms with Crippen molar-refractivity contribution in [3.8, 4) is 0 Å². The number of ketones is 1. The van der Waals surface area contributed by atoms with E-state index < -0.39 is 0 Å². The topological polar surface area (TPSA) is 120 Å². The van der Waals surface area contributed by atoms with E-state index in [4.69, 9.17) is 0 Å². The van der Waals surface area contributed by atoms with E-state index in [0.717, 1.165) is 5.82 Å². The van der Waals surface area contributed by atoms with E-state index in [9.17, 15) is 9.59 Å². The molecule has 35 heavy (non-hydrogen) atoms. The van der Waals surface area contributed by atoms with E-state index in [1.54, 1.807) is 36.8 Å². The van der Waals surface area contributed by atoms with Gasteiger partial charge in [0.05, 0.1) is 23.0 Å². The lowest BCUT2D eigenvalue weighted by Crippen LogP contribution is -2.14. The summed E-state index contributed by atoms with van der Waals surface area (Å²) in [4.78, 5) is 39.0. The zero-order valence-corrected chi connectivity index (χ0v) is 19.8. The van der Waals surface area contributed by atoms with E-state index in [0.29, 0.717) is 39.1 Å². The maximum Gasteiger partial charge on any atom is 0.257 e. The number of nitrogens with one attached hydrogen (secondary N) is 1. The first-order valence-electron chi connectivity index (χ1n) is 11.3. The molecule has 5 rings (SSSR count). The summed E-state index contributed by atoms with van der Waals surface area (Å²) in [5.41, 5.74) is 3.06. The minimum atomic E-state index is -0.327. The Kier molecular flexibility index (Phi) is 5.56. The van der Waals surface area contributed by atoms with Crippen molar-refractivity contribution in [1.82, 2.24) is 34.1 Å². The number of pyridine rings is 2. The van der Waals surface area contributed by atoms with Gasteiger partial charge in [0.25, 0.3) is 5.91 Å². The normalized spacial score (nSPS) is 11.6. The number of rotatable bonds is 6. The molecular formula is C25H24N8O2. The van der Waals surface area contributed by atoms with Gasteiger partial charge in [-0.25, -0.2) is 9.97 Å². The van der Waals surface area contributed by atoms with E-state index in [-0.39, 0.29) is 23.7 Å². The molecule has 1 amide bonds. The predicted molar refractivity (Wildman–Crippen MR) is 131 cm³/mol. The van der Waals surface area contributed by atoms with Crippen molar-refractivity contribution in [3.05, 3.63) is 78.0 Å². The highest BCUT2D eigenvalue weighted by atomic mass is 16.1. The first-order chi connectivity index (χ1) is 16.8. The largest absolute Gasteiger partial charge is 0.329 e. The standard InChI is InChI=1S/C25H24N8O2/c1-14(2)23-31-30-21-6-5-16(11-33(21)23)25(35)29-18-7-17(8-26-9-18)22(34)20-12-32(15(3)4)24-19(20)10-27-13-28-24/h5-15H,1-4H3,(H,29,35). The predicted octanol–water partition coefficient (Wildman–Crippen LogP) is 4.06. The molecule has 176 valence electrons. The molecule has 0 aliphatic heterocycles. The third kappa shape index (κ3) is 4.03. The number of aromatic nitrogens is 7. The van der Waals surface area contributed by atoms with Crippen molar-refractivity contribution >= 4 is 34.1 Å². The summed E-state index contributed by atoms with van der Waals surface area (Å²) >= 11 is 0. The van der Waals surface area contributed by atoms with Crippen molar-refractivity contribution in [3.63, 3.8) is 0 Å². The molecule has 0 radical (unpaired) electrons. The van der Waals surface area contributed by atoms with Crippen LogP contribution in [-0.2, 0) is 0 Å². The summed E-state index contributed by atoms with van der Waals surface area (Å²) in [5, 5.41) is 11.8. The first-order valence-corrected chi connectivity index (χ1v) is 11.3. The minimum absolute atomic E-state index is 0.122. The van der Waals surface area contributed by atoms with Crippen molar-refractivity contribution in [2.45, 2.75) is 39.7 Å². The van der Waals surface area contributed by atoms with Crippen LogP contribution in [0.4, 0.5) is 5.69 Å². The highest BCUT2D eigenvalue weighted by molar-refractivity contribution is 6.16. The maximum absolute atomic E-state index is 13.4. The lowest BCUT2D eigenvalue weighted by molar-refractivity contribution is 0.102. The summed E-state index contributed by atoms with van der Waals surface area (Å²) in [6.45, 7) is 8.08. The van der Waals surface area contributed by atoms with Crippen LogP contribution in [0.5, 0.6) is 0 Å². The Hall–Kier alpha value is -4.47. The second-order valence-corrected chi connectivity index (χ2v) is 8.91. The van der Waals surface area contributed by atoms with Gasteiger partial charge in [0, 0.05) is 47.7 Å². The highest BCUT2D eigenvalue weighted by Crippen LogP contribution is 2.25. The molecule has 0 unspecified atom stereocenters. The number of amides is 1. The van der Waals surface area contributed by atoms with Crippen molar-refractivity contribution in [2.75, 3.05) is 5.32 Å². The molecule has 0 aromatic carbocycles. The zero-order valence-electron chi connectivity index (χ0n) is 19.8. The van der Waals surface area contributed by atoms with Crippen LogP contribution < -0.4 is 5.32 Å². The molecule has 0 fully saturated rings. The molecule has 1 N–H and O–H groups in total. The van der Waals surface area contributed by atoms with Gasteiger partial charge in [0.15, 0.2) is 11.4 Å². The van der Waals surface area contributed by atoms with Crippen LogP contribution in [0.15, 0.2) is 55.5 Å². The van der Waals surface area contributed by atoms with Crippen LogP contribution in [0.1, 0.15) is 71.8 Å². The summed E-state index contributed by atoms with van der Waals surface area (Å²) in [6, 6.07) is 5.18. The van der Waals surface area contributed by atoms with Crippen LogP contribution in [0, 0.1) is 0 Å². The second kappa shape index (κ2) is 8.71. The molecule has 0 aliphatic rings. The van der Waals surface area contributed by atoms with Gasteiger partial charge >= 0.3 is 0 Å². The summed E-state index contributed by atoms with van der Waals surface area (Å²) in [5.74, 6) is 0.377. The van der Waals surface area contributed by atoms with Crippen LogP contribution in [0.25, 0.3) is 16.7 Å². The Morgan fingerprint density at radius 3 is 2.54 bits per heavy atom. The fraction of sp³-hybridized carbons (Fsp3) is 0.240. The fourth-order valence-electron chi connectivity index (χ4n) is 3.99. The molecule has 0 spiro atoms. The molecule has 0 saturated carbocycles. The minimum Gasteiger partial charge on any atom is -0.329 e. The number of hydrogen-bond donors (Lipinski definition) is 1. The van der Waals surface area contributed by atoms with E-state index in [2.05, 4.69) is 30.5 Å². The van der Waals surface area contributed by atoms with E-state index in [1.165, 1.54) is 18.7 Å². The van der Waals surface area contributed by atoms with Gasteiger partial charge in [-0.1, -0.05) is 13.8 Å². The molecule has 10 heteroatoms. The Balaban J connectivity index is 1.43. The molecule has 5 heterocycles. The third-order valence-corrected chi connectivity index (χ3v) is 5.76. The Labute approximate surface area is 201 Å². The van der Waals surface area contributed by atoms with E-state index in [1.807, 2.05) is 36.7 Å². The SMILES string of the molecule is CC(C)c1nnc2ccc(C(=O)Nc3cncc(C(=O)c4cn(C(C)C)c5ncncc45)c3)cn12. The number of fused-ring (bicyclic) bond motifs is 2. The van der Waals surface area contributed by atoms with Crippen molar-refractivity contribution in [2.24, 2.45) is 0 Å². The molecule has 0 bridgehead atoms. The molecule has 5 aromatic heterocycles. The Bertz CT molecular complexity index is 1580. The van der Waals surface area contributed by atoms with Crippen LogP contribution >= 0.6 is 0 Å². The average Bonchev–Trinajstić information content (AvgIpc) is 3.45. The Morgan fingerprint density at radius 1 is 0.943 bits per heavy atom. The van der Waals surface area contributed by atoms with Gasteiger partial charge in [-0.05, 0) is 32.0 Å². The molecule has 10 nitrogen and oxygen atoms in total. The maximum atomic E-state index is 13.4. The van der Waals surface area contributed by atoms with Gasteiger partial charge in [-0.15, -0.1) is 10.2 Å². The van der Waals surface area contributed by atoms with Crippen molar-refractivity contribution in [1.29, 1.82) is 0 Å². The summed E-state index contributed by atoms with van der Waals surface area (Å²) < 4.78 is 3.75. The highest BCUT2D eigenvalue weighted by Gasteiger charge is 2.20. The Morgan fingerprint density at radius 2 is 1.77 bits per heavy atom. The summed E-state index contributed by atoms with van der Waals surface area (Å²) in [6.07, 6.45) is 9.60. The molecule has 0 aliphatic carbocycles. The van der Waals surface area contributed by atoms with Crippen LogP contribution in [-0.4, -0.2) is 45.8 Å². The molecule has 5 aromatic rings. The van der Waals surface area contributed by atoms with Gasteiger partial charge < -0.3 is 9.88 Å². The summed E-state index contributed by atoms with van der Waals surface area (Å²) in [7, 11) is 0. The van der Waals surface area contributed by atoms with Gasteiger partial charge in [0.2, 0.25) is 0 Å². The van der Waals surface area contributed by atoms with Gasteiger partial charge in [-0.2, -0.15) is 0 Å². The molecule has 0 saturated heterocycles. The van der Waals surface area contributed by atoms with Gasteiger partial charge in [-0.3, -0.25) is 19.0 Å². The number of nitrogens with zero attached hydrogens (tertiary/aromatic N) is 7. The van der Waals surface area contributed by atoms with E-state index >= 15 is 0 Å².